The van der Waals surface area contributed by atoms with Gasteiger partial charge in [0.05, 0.1) is 6.20 Å². The highest BCUT2D eigenvalue weighted by atomic mass is 16.4. The van der Waals surface area contributed by atoms with Crippen LogP contribution in [0.25, 0.3) is 0 Å². The lowest BCUT2D eigenvalue weighted by Gasteiger charge is -2.20. The lowest BCUT2D eigenvalue weighted by Crippen LogP contribution is -2.47. The fourth-order valence-electron chi connectivity index (χ4n) is 1.20. The summed E-state index contributed by atoms with van der Waals surface area (Å²) >= 11 is 0. The molecule has 0 aliphatic heterocycles. The van der Waals surface area contributed by atoms with E-state index in [2.05, 4.69) is 10.4 Å². The molecule has 0 aliphatic carbocycles. The molecule has 0 atom stereocenters. The topological polar surface area (TPSA) is 67.2 Å². The molecule has 1 aromatic rings. The number of carboxylic acid groups (broad SMARTS) is 1. The van der Waals surface area contributed by atoms with Gasteiger partial charge in [0.2, 0.25) is 0 Å². The number of aliphatic carboxylic acids is 1. The molecule has 0 spiro atoms. The lowest BCUT2D eigenvalue weighted by atomic mass is 10.1. The van der Waals surface area contributed by atoms with E-state index in [0.29, 0.717) is 6.54 Å². The van der Waals surface area contributed by atoms with Crippen LogP contribution in [0.2, 0.25) is 0 Å². The summed E-state index contributed by atoms with van der Waals surface area (Å²) in [6.45, 7) is 3.93. The van der Waals surface area contributed by atoms with E-state index in [4.69, 9.17) is 5.11 Å². The van der Waals surface area contributed by atoms with E-state index in [1.54, 1.807) is 24.7 Å². The van der Waals surface area contributed by atoms with Gasteiger partial charge >= 0.3 is 5.97 Å². The van der Waals surface area contributed by atoms with Gasteiger partial charge in [0, 0.05) is 19.8 Å². The van der Waals surface area contributed by atoms with Gasteiger partial charge in [-0.1, -0.05) is 0 Å². The molecular weight excluding hydrogens is 194 g/mol. The molecule has 0 amide bonds. The minimum Gasteiger partial charge on any atom is -0.480 e. The maximum absolute atomic E-state index is 10.8. The van der Waals surface area contributed by atoms with Crippen molar-refractivity contribution in [2.75, 3.05) is 6.54 Å². The Kier molecular flexibility index (Phi) is 3.47. The van der Waals surface area contributed by atoms with Crippen LogP contribution in [0.5, 0.6) is 0 Å². The Morgan fingerprint density at radius 2 is 2.33 bits per heavy atom. The number of nitrogens with one attached hydrogen (secondary N) is 1. The summed E-state index contributed by atoms with van der Waals surface area (Å²) in [5.41, 5.74) is 0.230. The normalized spacial score (nSPS) is 11.7. The van der Waals surface area contributed by atoms with Crippen LogP contribution in [0.4, 0.5) is 0 Å². The summed E-state index contributed by atoms with van der Waals surface area (Å²) in [6.07, 6.45) is 4.50. The second-order valence-electron chi connectivity index (χ2n) is 4.13. The van der Waals surface area contributed by atoms with Crippen molar-refractivity contribution in [3.63, 3.8) is 0 Å². The Labute approximate surface area is 89.1 Å². The van der Waals surface area contributed by atoms with Crippen molar-refractivity contribution in [2.45, 2.75) is 25.8 Å². The Morgan fingerprint density at radius 1 is 1.67 bits per heavy atom. The molecule has 0 aromatic carbocycles. The van der Waals surface area contributed by atoms with Crippen molar-refractivity contribution in [3.8, 4) is 0 Å². The fourth-order valence-corrected chi connectivity index (χ4v) is 1.20. The molecule has 0 saturated carbocycles. The third-order valence-corrected chi connectivity index (χ3v) is 2.27. The molecule has 1 rings (SSSR count). The van der Waals surface area contributed by atoms with Crippen molar-refractivity contribution in [2.24, 2.45) is 7.05 Å². The summed E-state index contributed by atoms with van der Waals surface area (Å²) in [6, 6.07) is 0. The molecule has 2 N–H and O–H groups in total. The molecule has 1 aromatic heterocycles. The van der Waals surface area contributed by atoms with E-state index >= 15 is 0 Å². The van der Waals surface area contributed by atoms with Gasteiger partial charge in [-0.2, -0.15) is 5.10 Å². The summed E-state index contributed by atoms with van der Waals surface area (Å²) < 4.78 is 1.73. The number of hydrogen-bond donors (Lipinski definition) is 2. The molecule has 0 bridgehead atoms. The van der Waals surface area contributed by atoms with Gasteiger partial charge < -0.3 is 10.4 Å². The third-order valence-electron chi connectivity index (χ3n) is 2.27. The fraction of sp³-hybridized carbons (Fsp3) is 0.600. The van der Waals surface area contributed by atoms with Crippen LogP contribution in [0.1, 0.15) is 19.4 Å². The summed E-state index contributed by atoms with van der Waals surface area (Å²) in [4.78, 5) is 10.8. The standard InChI is InChI=1S/C10H17N3O2/c1-10(2,9(14)15)11-5-4-8-6-12-13(3)7-8/h6-7,11H,4-5H2,1-3H3,(H,14,15). The maximum atomic E-state index is 10.8. The molecular formula is C10H17N3O2. The van der Waals surface area contributed by atoms with Crippen molar-refractivity contribution >= 4 is 5.97 Å². The highest BCUT2D eigenvalue weighted by molar-refractivity contribution is 5.77. The molecule has 0 saturated heterocycles. The highest BCUT2D eigenvalue weighted by Crippen LogP contribution is 2.03. The van der Waals surface area contributed by atoms with Crippen molar-refractivity contribution in [3.05, 3.63) is 18.0 Å². The summed E-state index contributed by atoms with van der Waals surface area (Å²) in [5.74, 6) is -0.839. The van der Waals surface area contributed by atoms with Crippen molar-refractivity contribution < 1.29 is 9.90 Å². The number of aromatic nitrogens is 2. The van der Waals surface area contributed by atoms with E-state index < -0.39 is 11.5 Å². The SMILES string of the molecule is Cn1cc(CCNC(C)(C)C(=O)O)cn1. The number of rotatable bonds is 5. The minimum absolute atomic E-state index is 0.630. The van der Waals surface area contributed by atoms with Gasteiger partial charge in [-0.25, -0.2) is 0 Å². The first-order valence-electron chi connectivity index (χ1n) is 4.88. The lowest BCUT2D eigenvalue weighted by molar-refractivity contribution is -0.143. The Hall–Kier alpha value is -1.36. The predicted molar refractivity (Wildman–Crippen MR) is 56.6 cm³/mol. The van der Waals surface area contributed by atoms with Crippen LogP contribution in [0.15, 0.2) is 12.4 Å². The van der Waals surface area contributed by atoms with Crippen LogP contribution in [-0.2, 0) is 18.3 Å². The maximum Gasteiger partial charge on any atom is 0.323 e. The minimum atomic E-state index is -0.873. The number of aryl methyl sites for hydroxylation is 1. The van der Waals surface area contributed by atoms with Crippen LogP contribution in [-0.4, -0.2) is 32.9 Å². The highest BCUT2D eigenvalue weighted by Gasteiger charge is 2.25. The van der Waals surface area contributed by atoms with Crippen LogP contribution >= 0.6 is 0 Å². The first-order valence-corrected chi connectivity index (χ1v) is 4.88. The molecule has 5 nitrogen and oxygen atoms in total. The molecule has 0 fully saturated rings. The Morgan fingerprint density at radius 3 is 2.80 bits per heavy atom. The van der Waals surface area contributed by atoms with Gasteiger partial charge in [-0.05, 0) is 25.8 Å². The molecule has 5 heteroatoms. The predicted octanol–water partition coefficient (Wildman–Crippen LogP) is 0.415. The molecule has 0 unspecified atom stereocenters. The number of carboxylic acids is 1. The quantitative estimate of drug-likeness (QED) is 0.740. The second kappa shape index (κ2) is 4.44. The monoisotopic (exact) mass is 211 g/mol. The smallest absolute Gasteiger partial charge is 0.323 e. The van der Waals surface area contributed by atoms with Crippen molar-refractivity contribution in [1.29, 1.82) is 0 Å². The number of hydrogen-bond acceptors (Lipinski definition) is 3. The summed E-state index contributed by atoms with van der Waals surface area (Å²) in [5, 5.41) is 15.9. The zero-order valence-electron chi connectivity index (χ0n) is 9.32. The average molecular weight is 211 g/mol. The van der Waals surface area contributed by atoms with Gasteiger partial charge in [0.25, 0.3) is 0 Å². The number of nitrogens with zero attached hydrogens (tertiary/aromatic N) is 2. The molecule has 84 valence electrons. The Balaban J connectivity index is 2.36. The first-order chi connectivity index (χ1) is 6.92. The molecule has 15 heavy (non-hydrogen) atoms. The van der Waals surface area contributed by atoms with E-state index in [0.717, 1.165) is 12.0 Å². The van der Waals surface area contributed by atoms with Crippen LogP contribution in [0, 0.1) is 0 Å². The Bertz CT molecular complexity index is 344. The van der Waals surface area contributed by atoms with Gasteiger partial charge in [-0.3, -0.25) is 9.48 Å². The molecule has 0 aliphatic rings. The van der Waals surface area contributed by atoms with E-state index in [-0.39, 0.29) is 0 Å². The first kappa shape index (κ1) is 11.7. The molecule has 0 radical (unpaired) electrons. The third kappa shape index (κ3) is 3.36. The number of carbonyl (C=O) groups is 1. The summed E-state index contributed by atoms with van der Waals surface area (Å²) in [7, 11) is 1.86. The molecule has 1 heterocycles. The van der Waals surface area contributed by atoms with Crippen LogP contribution < -0.4 is 5.32 Å². The van der Waals surface area contributed by atoms with Crippen LogP contribution in [0.3, 0.4) is 0 Å². The van der Waals surface area contributed by atoms with Gasteiger partial charge in [-0.15, -0.1) is 0 Å². The zero-order valence-corrected chi connectivity index (χ0v) is 9.32. The zero-order chi connectivity index (χ0) is 11.5. The van der Waals surface area contributed by atoms with E-state index in [1.165, 1.54) is 0 Å². The second-order valence-corrected chi connectivity index (χ2v) is 4.13. The largest absolute Gasteiger partial charge is 0.480 e. The van der Waals surface area contributed by atoms with Gasteiger partial charge in [0.15, 0.2) is 0 Å². The van der Waals surface area contributed by atoms with Gasteiger partial charge in [0.1, 0.15) is 5.54 Å². The van der Waals surface area contributed by atoms with Crippen molar-refractivity contribution in [1.82, 2.24) is 15.1 Å². The van der Waals surface area contributed by atoms with E-state index in [1.807, 2.05) is 13.2 Å². The average Bonchev–Trinajstić information content (AvgIpc) is 2.51. The van der Waals surface area contributed by atoms with E-state index in [9.17, 15) is 4.79 Å².